The molecule has 0 aromatic carbocycles. The molecule has 12 heavy (non-hydrogen) atoms. The summed E-state index contributed by atoms with van der Waals surface area (Å²) in [7, 11) is 0. The maximum atomic E-state index is 5.33. The molecule has 1 N–H and O–H groups in total. The fourth-order valence-electron chi connectivity index (χ4n) is 1.61. The van der Waals surface area contributed by atoms with E-state index in [0.717, 1.165) is 25.2 Å². The Balaban J connectivity index is 1.99. The van der Waals surface area contributed by atoms with E-state index >= 15 is 0 Å². The van der Waals surface area contributed by atoms with E-state index in [1.54, 1.807) is 0 Å². The van der Waals surface area contributed by atoms with Gasteiger partial charge in [-0.25, -0.2) is 0 Å². The smallest absolute Gasteiger partial charge is 0.0616 e. The normalized spacial score (nSPS) is 30.2. The monoisotopic (exact) mass is 171 g/mol. The summed E-state index contributed by atoms with van der Waals surface area (Å²) in [4.78, 5) is 0. The molecule has 2 heteroatoms. The molecule has 0 bridgehead atoms. The highest BCUT2D eigenvalue weighted by molar-refractivity contribution is 4.93. The summed E-state index contributed by atoms with van der Waals surface area (Å²) in [6.07, 6.45) is 2.69. The topological polar surface area (TPSA) is 21.3 Å². The van der Waals surface area contributed by atoms with Crippen molar-refractivity contribution in [2.45, 2.75) is 45.7 Å². The standard InChI is InChI=1S/C10H21NO/c1-4-9-6-10(9)11-8(3)7-12-5-2/h8-11H,4-7H2,1-3H3. The molecular formula is C10H21NO. The summed E-state index contributed by atoms with van der Waals surface area (Å²) in [5.41, 5.74) is 0. The lowest BCUT2D eigenvalue weighted by atomic mass is 10.3. The molecule has 0 aliphatic heterocycles. The van der Waals surface area contributed by atoms with Crippen LogP contribution in [0.1, 0.15) is 33.6 Å². The Bertz CT molecular complexity index is 127. The zero-order valence-corrected chi connectivity index (χ0v) is 8.47. The Morgan fingerprint density at radius 1 is 1.50 bits per heavy atom. The molecule has 2 nitrogen and oxygen atoms in total. The molecule has 1 saturated carbocycles. The van der Waals surface area contributed by atoms with Crippen molar-refractivity contribution in [2.24, 2.45) is 5.92 Å². The number of rotatable bonds is 6. The van der Waals surface area contributed by atoms with E-state index in [0.29, 0.717) is 6.04 Å². The molecule has 0 heterocycles. The van der Waals surface area contributed by atoms with Crippen LogP contribution in [0.4, 0.5) is 0 Å². The van der Waals surface area contributed by atoms with Crippen LogP contribution in [0.25, 0.3) is 0 Å². The van der Waals surface area contributed by atoms with Gasteiger partial charge in [-0.05, 0) is 26.2 Å². The van der Waals surface area contributed by atoms with Gasteiger partial charge < -0.3 is 10.1 Å². The Morgan fingerprint density at radius 3 is 2.75 bits per heavy atom. The molecule has 72 valence electrons. The second-order valence-electron chi connectivity index (χ2n) is 3.74. The second-order valence-corrected chi connectivity index (χ2v) is 3.74. The van der Waals surface area contributed by atoms with Crippen molar-refractivity contribution in [1.29, 1.82) is 0 Å². The molecule has 0 radical (unpaired) electrons. The third kappa shape index (κ3) is 3.11. The van der Waals surface area contributed by atoms with E-state index in [1.807, 2.05) is 6.92 Å². The number of hydrogen-bond donors (Lipinski definition) is 1. The maximum Gasteiger partial charge on any atom is 0.0616 e. The molecule has 1 fully saturated rings. The van der Waals surface area contributed by atoms with Gasteiger partial charge in [0.25, 0.3) is 0 Å². The van der Waals surface area contributed by atoms with E-state index in [1.165, 1.54) is 12.8 Å². The van der Waals surface area contributed by atoms with E-state index in [2.05, 4.69) is 19.2 Å². The summed E-state index contributed by atoms with van der Waals surface area (Å²) >= 11 is 0. The summed E-state index contributed by atoms with van der Waals surface area (Å²) in [6, 6.07) is 1.30. The highest BCUT2D eigenvalue weighted by Gasteiger charge is 2.35. The zero-order chi connectivity index (χ0) is 8.97. The first-order valence-electron chi connectivity index (χ1n) is 5.11. The van der Waals surface area contributed by atoms with E-state index in [9.17, 15) is 0 Å². The highest BCUT2D eigenvalue weighted by atomic mass is 16.5. The van der Waals surface area contributed by atoms with Crippen LogP contribution in [-0.4, -0.2) is 25.3 Å². The summed E-state index contributed by atoms with van der Waals surface area (Å²) in [5, 5.41) is 3.56. The van der Waals surface area contributed by atoms with Crippen LogP contribution in [0.5, 0.6) is 0 Å². The Hall–Kier alpha value is -0.0800. The van der Waals surface area contributed by atoms with Crippen LogP contribution in [0.2, 0.25) is 0 Å². The highest BCUT2D eigenvalue weighted by Crippen LogP contribution is 2.33. The predicted molar refractivity (Wildman–Crippen MR) is 51.3 cm³/mol. The van der Waals surface area contributed by atoms with Crippen LogP contribution in [-0.2, 0) is 4.74 Å². The van der Waals surface area contributed by atoms with Gasteiger partial charge in [-0.15, -0.1) is 0 Å². The van der Waals surface area contributed by atoms with E-state index < -0.39 is 0 Å². The van der Waals surface area contributed by atoms with E-state index in [-0.39, 0.29) is 0 Å². The number of ether oxygens (including phenoxy) is 1. The molecule has 1 rings (SSSR count). The largest absolute Gasteiger partial charge is 0.380 e. The summed E-state index contributed by atoms with van der Waals surface area (Å²) in [6.45, 7) is 8.18. The number of nitrogens with one attached hydrogen (secondary N) is 1. The fourth-order valence-corrected chi connectivity index (χ4v) is 1.61. The van der Waals surface area contributed by atoms with Crippen molar-refractivity contribution < 1.29 is 4.74 Å². The van der Waals surface area contributed by atoms with Crippen LogP contribution in [0.15, 0.2) is 0 Å². The molecule has 0 amide bonds. The van der Waals surface area contributed by atoms with Gasteiger partial charge in [0.15, 0.2) is 0 Å². The Morgan fingerprint density at radius 2 is 2.25 bits per heavy atom. The van der Waals surface area contributed by atoms with Crippen molar-refractivity contribution in [3.63, 3.8) is 0 Å². The van der Waals surface area contributed by atoms with Crippen molar-refractivity contribution >= 4 is 0 Å². The molecule has 3 atom stereocenters. The Labute approximate surface area is 75.7 Å². The Kier molecular flexibility index (Phi) is 4.02. The molecule has 0 spiro atoms. The first-order valence-corrected chi connectivity index (χ1v) is 5.11. The summed E-state index contributed by atoms with van der Waals surface area (Å²) in [5.74, 6) is 0.939. The van der Waals surface area contributed by atoms with Crippen molar-refractivity contribution in [1.82, 2.24) is 5.32 Å². The van der Waals surface area contributed by atoms with Gasteiger partial charge in [-0.3, -0.25) is 0 Å². The van der Waals surface area contributed by atoms with Gasteiger partial charge >= 0.3 is 0 Å². The lowest BCUT2D eigenvalue weighted by Crippen LogP contribution is -2.33. The fraction of sp³-hybridized carbons (Fsp3) is 1.00. The van der Waals surface area contributed by atoms with Gasteiger partial charge in [0.2, 0.25) is 0 Å². The third-order valence-corrected chi connectivity index (χ3v) is 2.52. The lowest BCUT2D eigenvalue weighted by molar-refractivity contribution is 0.126. The second kappa shape index (κ2) is 4.83. The van der Waals surface area contributed by atoms with Gasteiger partial charge in [-0.2, -0.15) is 0 Å². The lowest BCUT2D eigenvalue weighted by Gasteiger charge is -2.12. The average molecular weight is 171 g/mol. The van der Waals surface area contributed by atoms with Crippen LogP contribution in [0, 0.1) is 5.92 Å². The predicted octanol–water partition coefficient (Wildman–Crippen LogP) is 1.80. The maximum absolute atomic E-state index is 5.33. The van der Waals surface area contributed by atoms with Crippen LogP contribution >= 0.6 is 0 Å². The first-order chi connectivity index (χ1) is 5.77. The molecule has 1 aliphatic rings. The molecule has 0 aromatic heterocycles. The summed E-state index contributed by atoms with van der Waals surface area (Å²) < 4.78 is 5.33. The molecule has 0 saturated heterocycles. The average Bonchev–Trinajstić information content (AvgIpc) is 2.80. The van der Waals surface area contributed by atoms with E-state index in [4.69, 9.17) is 4.74 Å². The van der Waals surface area contributed by atoms with Gasteiger partial charge in [0, 0.05) is 18.7 Å². The van der Waals surface area contributed by atoms with Gasteiger partial charge in [-0.1, -0.05) is 13.3 Å². The van der Waals surface area contributed by atoms with Crippen molar-refractivity contribution in [2.75, 3.05) is 13.2 Å². The van der Waals surface area contributed by atoms with Crippen LogP contribution < -0.4 is 5.32 Å². The molecule has 1 aliphatic carbocycles. The number of hydrogen-bond acceptors (Lipinski definition) is 2. The third-order valence-electron chi connectivity index (χ3n) is 2.52. The first kappa shape index (κ1) is 10.0. The van der Waals surface area contributed by atoms with Gasteiger partial charge in [0.1, 0.15) is 0 Å². The molecular weight excluding hydrogens is 150 g/mol. The minimum absolute atomic E-state index is 0.520. The van der Waals surface area contributed by atoms with Crippen molar-refractivity contribution in [3.8, 4) is 0 Å². The molecule has 3 unspecified atom stereocenters. The van der Waals surface area contributed by atoms with Gasteiger partial charge in [0.05, 0.1) is 6.61 Å². The minimum atomic E-state index is 0.520. The molecule has 0 aromatic rings. The minimum Gasteiger partial charge on any atom is -0.380 e. The zero-order valence-electron chi connectivity index (χ0n) is 8.47. The van der Waals surface area contributed by atoms with Crippen LogP contribution in [0.3, 0.4) is 0 Å². The quantitative estimate of drug-likeness (QED) is 0.658. The van der Waals surface area contributed by atoms with Crippen molar-refractivity contribution in [3.05, 3.63) is 0 Å². The SMILES string of the molecule is CCOCC(C)NC1CC1CC.